The van der Waals surface area contributed by atoms with Crippen LogP contribution >= 0.6 is 0 Å². The molecule has 20 heavy (non-hydrogen) atoms. The van der Waals surface area contributed by atoms with E-state index in [0.717, 1.165) is 0 Å². The van der Waals surface area contributed by atoms with E-state index in [4.69, 9.17) is 10.5 Å². The van der Waals surface area contributed by atoms with Crippen LogP contribution in [-0.2, 0) is 5.54 Å². The van der Waals surface area contributed by atoms with E-state index in [2.05, 4.69) is 0 Å². The topological polar surface area (TPSA) is 35.2 Å². The molecule has 0 aromatic heterocycles. The van der Waals surface area contributed by atoms with Gasteiger partial charge in [-0.3, -0.25) is 0 Å². The molecule has 0 saturated heterocycles. The maximum absolute atomic E-state index is 13.4. The monoisotopic (exact) mass is 291 g/mol. The van der Waals surface area contributed by atoms with Crippen LogP contribution in [0.4, 0.5) is 17.6 Å². The lowest BCUT2D eigenvalue weighted by molar-refractivity contribution is -0.184. The summed E-state index contributed by atoms with van der Waals surface area (Å²) in [6.07, 6.45) is -3.94. The smallest absolute Gasteiger partial charge is 0.391 e. The third-order valence-corrected chi connectivity index (χ3v) is 4.04. The average molecular weight is 291 g/mol. The Morgan fingerprint density at radius 3 is 2.35 bits per heavy atom. The third kappa shape index (κ3) is 2.90. The summed E-state index contributed by atoms with van der Waals surface area (Å²) < 4.78 is 56.6. The molecule has 0 aliphatic heterocycles. The Labute approximate surface area is 114 Å². The number of hydrogen-bond acceptors (Lipinski definition) is 2. The first-order chi connectivity index (χ1) is 9.26. The van der Waals surface area contributed by atoms with Gasteiger partial charge in [-0.1, -0.05) is 0 Å². The van der Waals surface area contributed by atoms with E-state index in [1.165, 1.54) is 25.3 Å². The molecule has 0 radical (unpaired) electrons. The first-order valence-corrected chi connectivity index (χ1v) is 6.46. The van der Waals surface area contributed by atoms with Gasteiger partial charge < -0.3 is 10.5 Å². The van der Waals surface area contributed by atoms with Crippen LogP contribution in [0.25, 0.3) is 0 Å². The quantitative estimate of drug-likeness (QED) is 0.842. The molecule has 6 heteroatoms. The average Bonchev–Trinajstić information content (AvgIpc) is 2.38. The highest BCUT2D eigenvalue weighted by Gasteiger charge is 2.45. The van der Waals surface area contributed by atoms with Crippen molar-refractivity contribution in [2.24, 2.45) is 11.7 Å². The fourth-order valence-corrected chi connectivity index (χ4v) is 2.80. The summed E-state index contributed by atoms with van der Waals surface area (Å²) in [6, 6.07) is 3.95. The van der Waals surface area contributed by atoms with Crippen molar-refractivity contribution in [3.05, 3.63) is 29.6 Å². The molecule has 1 fully saturated rings. The van der Waals surface area contributed by atoms with Crippen LogP contribution in [0.1, 0.15) is 31.2 Å². The molecule has 0 heterocycles. The van der Waals surface area contributed by atoms with E-state index in [-0.39, 0.29) is 25.7 Å². The Morgan fingerprint density at radius 2 is 1.85 bits per heavy atom. The second kappa shape index (κ2) is 5.24. The first-order valence-electron chi connectivity index (χ1n) is 6.46. The lowest BCUT2D eigenvalue weighted by atomic mass is 9.73. The van der Waals surface area contributed by atoms with Gasteiger partial charge >= 0.3 is 6.18 Å². The highest BCUT2D eigenvalue weighted by molar-refractivity contribution is 5.39. The number of halogens is 4. The minimum Gasteiger partial charge on any atom is -0.496 e. The lowest BCUT2D eigenvalue weighted by Gasteiger charge is -2.38. The van der Waals surface area contributed by atoms with Gasteiger partial charge in [-0.25, -0.2) is 4.39 Å². The van der Waals surface area contributed by atoms with Crippen LogP contribution in [0.5, 0.6) is 5.75 Å². The lowest BCUT2D eigenvalue weighted by Crippen LogP contribution is -2.43. The summed E-state index contributed by atoms with van der Waals surface area (Å²) in [4.78, 5) is 0. The number of ether oxygens (including phenoxy) is 1. The third-order valence-electron chi connectivity index (χ3n) is 4.04. The van der Waals surface area contributed by atoms with Crippen molar-refractivity contribution in [3.8, 4) is 5.75 Å². The molecular formula is C14H17F4NO. The van der Waals surface area contributed by atoms with E-state index in [1.807, 2.05) is 0 Å². The van der Waals surface area contributed by atoms with Crippen molar-refractivity contribution in [2.75, 3.05) is 7.11 Å². The van der Waals surface area contributed by atoms with Crippen LogP contribution in [0.2, 0.25) is 0 Å². The van der Waals surface area contributed by atoms with Crippen molar-refractivity contribution in [2.45, 2.75) is 37.4 Å². The predicted molar refractivity (Wildman–Crippen MR) is 66.8 cm³/mol. The van der Waals surface area contributed by atoms with Crippen molar-refractivity contribution in [1.29, 1.82) is 0 Å². The van der Waals surface area contributed by atoms with Crippen LogP contribution in [0, 0.1) is 11.7 Å². The molecule has 1 aliphatic rings. The molecule has 112 valence electrons. The number of hydrogen-bond donors (Lipinski definition) is 1. The van der Waals surface area contributed by atoms with Gasteiger partial charge in [-0.05, 0) is 43.9 Å². The summed E-state index contributed by atoms with van der Waals surface area (Å²) in [7, 11) is 1.43. The van der Waals surface area contributed by atoms with Gasteiger partial charge in [0.2, 0.25) is 0 Å². The van der Waals surface area contributed by atoms with Crippen LogP contribution in [0.15, 0.2) is 18.2 Å². The molecule has 0 atom stereocenters. The molecule has 0 bridgehead atoms. The summed E-state index contributed by atoms with van der Waals surface area (Å²) in [5.74, 6) is -1.37. The molecule has 2 N–H and O–H groups in total. The van der Waals surface area contributed by atoms with Crippen LogP contribution in [-0.4, -0.2) is 13.3 Å². The van der Waals surface area contributed by atoms with Crippen molar-refractivity contribution >= 4 is 0 Å². The zero-order valence-electron chi connectivity index (χ0n) is 11.1. The molecule has 2 rings (SSSR count). The highest BCUT2D eigenvalue weighted by Crippen LogP contribution is 2.45. The van der Waals surface area contributed by atoms with Gasteiger partial charge in [0.25, 0.3) is 0 Å². The number of rotatable bonds is 2. The number of benzene rings is 1. The first kappa shape index (κ1) is 15.1. The van der Waals surface area contributed by atoms with E-state index >= 15 is 0 Å². The Balaban J connectivity index is 2.24. The van der Waals surface area contributed by atoms with Gasteiger partial charge in [0.15, 0.2) is 0 Å². The van der Waals surface area contributed by atoms with Crippen LogP contribution < -0.4 is 10.5 Å². The zero-order chi connectivity index (χ0) is 15.0. The van der Waals surface area contributed by atoms with Crippen molar-refractivity contribution in [3.63, 3.8) is 0 Å². The number of alkyl halides is 3. The highest BCUT2D eigenvalue weighted by atomic mass is 19.4. The summed E-state index contributed by atoms with van der Waals surface area (Å²) in [5, 5.41) is 0. The normalized spacial score (nSPS) is 27.4. The van der Waals surface area contributed by atoms with E-state index in [0.29, 0.717) is 11.3 Å². The fourth-order valence-electron chi connectivity index (χ4n) is 2.80. The molecular weight excluding hydrogens is 274 g/mol. The van der Waals surface area contributed by atoms with Gasteiger partial charge in [0.05, 0.1) is 13.0 Å². The Hall–Kier alpha value is -1.30. The minimum atomic E-state index is -4.19. The van der Waals surface area contributed by atoms with Gasteiger partial charge in [0.1, 0.15) is 11.6 Å². The van der Waals surface area contributed by atoms with E-state index < -0.39 is 23.5 Å². The predicted octanol–water partition coefficient (Wildman–Crippen LogP) is 3.74. The zero-order valence-corrected chi connectivity index (χ0v) is 11.1. The maximum Gasteiger partial charge on any atom is 0.391 e. The second-order valence-corrected chi connectivity index (χ2v) is 5.32. The second-order valence-electron chi connectivity index (χ2n) is 5.32. The van der Waals surface area contributed by atoms with Crippen LogP contribution in [0.3, 0.4) is 0 Å². The van der Waals surface area contributed by atoms with Crippen molar-refractivity contribution in [1.82, 2.24) is 0 Å². The Bertz CT molecular complexity index is 479. The standard InChI is InChI=1S/C14H17F4NO/c1-20-12-3-2-10(15)8-11(12)13(19)6-4-9(5-7-13)14(16,17)18/h2-3,8-9H,4-7,19H2,1H3. The fraction of sp³-hybridized carbons (Fsp3) is 0.571. The summed E-state index contributed by atoms with van der Waals surface area (Å²) in [5.41, 5.74) is 5.70. The molecule has 2 nitrogen and oxygen atoms in total. The molecule has 0 unspecified atom stereocenters. The minimum absolute atomic E-state index is 0.0420. The maximum atomic E-state index is 13.4. The van der Waals surface area contributed by atoms with Gasteiger partial charge in [0, 0.05) is 11.1 Å². The molecule has 0 spiro atoms. The summed E-state index contributed by atoms with van der Waals surface area (Å²) >= 11 is 0. The largest absolute Gasteiger partial charge is 0.496 e. The Morgan fingerprint density at radius 1 is 1.25 bits per heavy atom. The number of methoxy groups -OCH3 is 1. The van der Waals surface area contributed by atoms with E-state index in [9.17, 15) is 17.6 Å². The SMILES string of the molecule is COc1ccc(F)cc1C1(N)CCC(C(F)(F)F)CC1. The molecule has 1 aromatic rings. The molecule has 0 amide bonds. The van der Waals surface area contributed by atoms with Crippen molar-refractivity contribution < 1.29 is 22.3 Å². The van der Waals surface area contributed by atoms with E-state index in [1.54, 1.807) is 0 Å². The molecule has 1 aliphatic carbocycles. The number of nitrogens with two attached hydrogens (primary N) is 1. The molecule has 1 aromatic carbocycles. The van der Waals surface area contributed by atoms with Gasteiger partial charge in [-0.15, -0.1) is 0 Å². The Kier molecular flexibility index (Phi) is 3.95. The van der Waals surface area contributed by atoms with Gasteiger partial charge in [-0.2, -0.15) is 13.2 Å². The summed E-state index contributed by atoms with van der Waals surface area (Å²) in [6.45, 7) is 0. The molecule has 1 saturated carbocycles.